The molecule has 0 atom stereocenters. The van der Waals surface area contributed by atoms with Gasteiger partial charge < -0.3 is 9.32 Å². The summed E-state index contributed by atoms with van der Waals surface area (Å²) in [6.45, 7) is 0. The van der Waals surface area contributed by atoms with Crippen LogP contribution in [0.25, 0.3) is 43.8 Å². The van der Waals surface area contributed by atoms with Crippen LogP contribution in [0.2, 0.25) is 0 Å². The van der Waals surface area contributed by atoms with Crippen molar-refractivity contribution in [2.45, 2.75) is 0 Å². The second-order valence-corrected chi connectivity index (χ2v) is 8.98. The number of para-hydroxylation sites is 3. The molecule has 0 aliphatic rings. The molecule has 7 aromatic rings. The van der Waals surface area contributed by atoms with Gasteiger partial charge in [0.15, 0.2) is 5.58 Å². The van der Waals surface area contributed by atoms with Gasteiger partial charge in [-0.25, -0.2) is 0 Å². The van der Waals surface area contributed by atoms with Crippen molar-refractivity contribution in [3.63, 3.8) is 0 Å². The minimum Gasteiger partial charge on any atom is -0.453 e. The summed E-state index contributed by atoms with van der Waals surface area (Å²) in [4.78, 5) is 2.27. The normalized spacial score (nSPS) is 11.3. The summed E-state index contributed by atoms with van der Waals surface area (Å²) in [5.41, 5.74) is 7.29. The van der Waals surface area contributed by atoms with Gasteiger partial charge in [0.05, 0.1) is 5.69 Å². The molecule has 2 heteroatoms. The fourth-order valence-corrected chi connectivity index (χ4v) is 5.23. The zero-order chi connectivity index (χ0) is 23.9. The average Bonchev–Trinajstić information content (AvgIpc) is 3.32. The van der Waals surface area contributed by atoms with Gasteiger partial charge in [0, 0.05) is 27.7 Å². The predicted octanol–water partition coefficient (Wildman–Crippen LogP) is 9.88. The molecule has 6 aromatic carbocycles. The third-order valence-corrected chi connectivity index (χ3v) is 6.82. The Balaban J connectivity index is 1.59. The van der Waals surface area contributed by atoms with Crippen molar-refractivity contribution in [1.82, 2.24) is 0 Å². The molecular weight excluding hydrogens is 438 g/mol. The second-order valence-electron chi connectivity index (χ2n) is 8.98. The summed E-state index contributed by atoms with van der Waals surface area (Å²) in [6, 6.07) is 48.8. The molecule has 1 heterocycles. The quantitative estimate of drug-likeness (QED) is 0.259. The molecule has 0 saturated heterocycles. The minimum atomic E-state index is 0.882. The minimum absolute atomic E-state index is 0.882. The van der Waals surface area contributed by atoms with Crippen LogP contribution in [0.5, 0.6) is 0 Å². The van der Waals surface area contributed by atoms with Crippen LogP contribution in [0.1, 0.15) is 0 Å². The van der Waals surface area contributed by atoms with E-state index >= 15 is 0 Å². The first kappa shape index (κ1) is 20.5. The van der Waals surface area contributed by atoms with E-state index in [9.17, 15) is 0 Å². The Morgan fingerprint density at radius 3 is 1.72 bits per heavy atom. The third kappa shape index (κ3) is 3.27. The Morgan fingerprint density at radius 1 is 0.444 bits per heavy atom. The highest BCUT2D eigenvalue weighted by atomic mass is 16.3. The fraction of sp³-hybridized carbons (Fsp3) is 0. The first-order valence-corrected chi connectivity index (χ1v) is 12.2. The summed E-state index contributed by atoms with van der Waals surface area (Å²) < 4.78 is 6.86. The molecule has 0 bridgehead atoms. The van der Waals surface area contributed by atoms with E-state index < -0.39 is 0 Å². The predicted molar refractivity (Wildman–Crippen MR) is 151 cm³/mol. The first-order valence-electron chi connectivity index (χ1n) is 12.2. The second kappa shape index (κ2) is 8.44. The smallest absolute Gasteiger partial charge is 0.159 e. The summed E-state index contributed by atoms with van der Waals surface area (Å²) in [5, 5.41) is 4.65. The Labute approximate surface area is 209 Å². The number of anilines is 3. The highest BCUT2D eigenvalue weighted by Gasteiger charge is 2.21. The lowest BCUT2D eigenvalue weighted by atomic mass is 9.95. The number of hydrogen-bond acceptors (Lipinski definition) is 2. The van der Waals surface area contributed by atoms with E-state index in [0.717, 1.165) is 50.1 Å². The Morgan fingerprint density at radius 2 is 1.03 bits per heavy atom. The highest BCUT2D eigenvalue weighted by molar-refractivity contribution is 6.20. The maximum Gasteiger partial charge on any atom is 0.159 e. The molecule has 0 radical (unpaired) electrons. The van der Waals surface area contributed by atoms with Crippen LogP contribution in [0.3, 0.4) is 0 Å². The van der Waals surface area contributed by atoms with Crippen LogP contribution in [-0.2, 0) is 0 Å². The first-order chi connectivity index (χ1) is 17.9. The summed E-state index contributed by atoms with van der Waals surface area (Å²) in [7, 11) is 0. The standard InChI is InChI=1S/C34H23NO/c1-4-13-24(14-5-1)32-28-20-11-10-15-25(28)23-30-29-21-12-22-31(33(29)36-34(30)32)35(26-16-6-2-7-17-26)27-18-8-3-9-19-27/h1-23H. The number of nitrogens with zero attached hydrogens (tertiary/aromatic N) is 1. The number of hydrogen-bond donors (Lipinski definition) is 0. The van der Waals surface area contributed by atoms with Crippen LogP contribution in [0, 0.1) is 0 Å². The molecule has 0 aliphatic heterocycles. The van der Waals surface area contributed by atoms with Gasteiger partial charge >= 0.3 is 0 Å². The molecule has 0 fully saturated rings. The van der Waals surface area contributed by atoms with Gasteiger partial charge in [-0.1, -0.05) is 103 Å². The Kier molecular flexibility index (Phi) is 4.82. The van der Waals surface area contributed by atoms with Crippen molar-refractivity contribution in [1.29, 1.82) is 0 Å². The average molecular weight is 462 g/mol. The Hall–Kier alpha value is -4.82. The molecule has 0 amide bonds. The third-order valence-electron chi connectivity index (χ3n) is 6.82. The molecule has 0 spiro atoms. The van der Waals surface area contributed by atoms with Crippen LogP contribution in [0.4, 0.5) is 17.1 Å². The molecule has 36 heavy (non-hydrogen) atoms. The van der Waals surface area contributed by atoms with Gasteiger partial charge in [-0.2, -0.15) is 0 Å². The molecular formula is C34H23NO. The van der Waals surface area contributed by atoms with Gasteiger partial charge in [0.2, 0.25) is 0 Å². The van der Waals surface area contributed by atoms with Crippen LogP contribution >= 0.6 is 0 Å². The van der Waals surface area contributed by atoms with Crippen molar-refractivity contribution < 1.29 is 4.42 Å². The maximum atomic E-state index is 6.86. The lowest BCUT2D eigenvalue weighted by Crippen LogP contribution is -2.09. The van der Waals surface area contributed by atoms with E-state index in [0.29, 0.717) is 0 Å². The zero-order valence-electron chi connectivity index (χ0n) is 19.6. The molecule has 0 saturated carbocycles. The highest BCUT2D eigenvalue weighted by Crippen LogP contribution is 2.45. The largest absolute Gasteiger partial charge is 0.453 e. The fourth-order valence-electron chi connectivity index (χ4n) is 5.23. The lowest BCUT2D eigenvalue weighted by molar-refractivity contribution is 0.670. The summed E-state index contributed by atoms with van der Waals surface area (Å²) in [6.07, 6.45) is 0. The molecule has 170 valence electrons. The topological polar surface area (TPSA) is 16.4 Å². The van der Waals surface area contributed by atoms with Crippen LogP contribution in [0.15, 0.2) is 144 Å². The van der Waals surface area contributed by atoms with Crippen LogP contribution < -0.4 is 4.90 Å². The Bertz CT molecular complexity index is 1780. The van der Waals surface area contributed by atoms with E-state index in [2.05, 4.69) is 132 Å². The van der Waals surface area contributed by atoms with Crippen molar-refractivity contribution in [2.75, 3.05) is 4.90 Å². The van der Waals surface area contributed by atoms with E-state index in [-0.39, 0.29) is 0 Å². The van der Waals surface area contributed by atoms with Crippen molar-refractivity contribution in [3.05, 3.63) is 140 Å². The van der Waals surface area contributed by atoms with Crippen molar-refractivity contribution in [2.24, 2.45) is 0 Å². The van der Waals surface area contributed by atoms with Crippen LogP contribution in [-0.4, -0.2) is 0 Å². The molecule has 0 N–H and O–H groups in total. The van der Waals surface area contributed by atoms with Crippen molar-refractivity contribution in [3.8, 4) is 11.1 Å². The molecule has 2 nitrogen and oxygen atoms in total. The number of rotatable bonds is 4. The molecule has 1 aromatic heterocycles. The summed E-state index contributed by atoms with van der Waals surface area (Å²) in [5.74, 6) is 0. The number of benzene rings is 6. The number of furan rings is 1. The van der Waals surface area contributed by atoms with E-state index in [1.165, 1.54) is 10.8 Å². The molecule has 0 unspecified atom stereocenters. The van der Waals surface area contributed by atoms with E-state index in [1.807, 2.05) is 12.1 Å². The van der Waals surface area contributed by atoms with Gasteiger partial charge in [-0.05, 0) is 52.7 Å². The van der Waals surface area contributed by atoms with E-state index in [4.69, 9.17) is 4.42 Å². The number of fused-ring (bicyclic) bond motifs is 4. The zero-order valence-corrected chi connectivity index (χ0v) is 19.6. The maximum absolute atomic E-state index is 6.86. The summed E-state index contributed by atoms with van der Waals surface area (Å²) >= 11 is 0. The van der Waals surface area contributed by atoms with Crippen molar-refractivity contribution >= 4 is 49.8 Å². The molecule has 0 aliphatic carbocycles. The molecule has 7 rings (SSSR count). The van der Waals surface area contributed by atoms with E-state index in [1.54, 1.807) is 0 Å². The lowest BCUT2D eigenvalue weighted by Gasteiger charge is -2.25. The van der Waals surface area contributed by atoms with Gasteiger partial charge in [0.25, 0.3) is 0 Å². The van der Waals surface area contributed by atoms with Gasteiger partial charge in [-0.15, -0.1) is 0 Å². The van der Waals surface area contributed by atoms with Gasteiger partial charge in [-0.3, -0.25) is 0 Å². The van der Waals surface area contributed by atoms with Gasteiger partial charge in [0.1, 0.15) is 5.58 Å². The monoisotopic (exact) mass is 461 g/mol. The SMILES string of the molecule is c1ccc(-c2c3ccccc3cc3c2oc2c(N(c4ccccc4)c4ccccc4)cccc23)cc1.